The molecule has 4 aromatic rings. The summed E-state index contributed by atoms with van der Waals surface area (Å²) in [6, 6.07) is 5.88. The van der Waals surface area contributed by atoms with Crippen molar-refractivity contribution in [1.82, 2.24) is 34.6 Å². The molecule has 4 heterocycles. The summed E-state index contributed by atoms with van der Waals surface area (Å²) in [5.74, 6) is 1.66. The average molecular weight is 406 g/mol. The van der Waals surface area contributed by atoms with E-state index in [1.807, 2.05) is 36.6 Å². The van der Waals surface area contributed by atoms with E-state index >= 15 is 0 Å². The van der Waals surface area contributed by atoms with Crippen molar-refractivity contribution in [3.8, 4) is 17.1 Å². The number of ether oxygens (including phenoxy) is 1. The Morgan fingerprint density at radius 3 is 2.77 bits per heavy atom. The number of fused-ring (bicyclic) bond motifs is 1. The number of aromatic nitrogens is 7. The first kappa shape index (κ1) is 19.8. The van der Waals surface area contributed by atoms with Gasteiger partial charge in [-0.15, -0.1) is 0 Å². The second kappa shape index (κ2) is 8.10. The highest BCUT2D eigenvalue weighted by atomic mass is 16.5. The van der Waals surface area contributed by atoms with E-state index in [0.29, 0.717) is 19.0 Å². The van der Waals surface area contributed by atoms with Gasteiger partial charge in [0, 0.05) is 13.2 Å². The molecule has 9 heteroatoms. The molecule has 156 valence electrons. The largest absolute Gasteiger partial charge is 0.477 e. The standard InChI is InChI=1S/C21H26N8O/c1-6-30-21-16(8-7-9-22-21)17-10-18(23-11-15-12-24-28(5)26-15)20-19(13(2)3)25-14(4)29(20)27-17/h7-10,12-13,23H,6,11H2,1-5H3. The van der Waals surface area contributed by atoms with Gasteiger partial charge in [0.1, 0.15) is 17.0 Å². The summed E-state index contributed by atoms with van der Waals surface area (Å²) in [6.07, 6.45) is 3.48. The molecule has 30 heavy (non-hydrogen) atoms. The number of nitrogens with zero attached hydrogens (tertiary/aromatic N) is 7. The van der Waals surface area contributed by atoms with E-state index in [0.717, 1.165) is 39.7 Å². The van der Waals surface area contributed by atoms with Crippen LogP contribution in [0.2, 0.25) is 0 Å². The molecule has 0 atom stereocenters. The molecule has 0 bridgehead atoms. The Labute approximate surface area is 175 Å². The van der Waals surface area contributed by atoms with Gasteiger partial charge in [0.2, 0.25) is 5.88 Å². The SMILES string of the molecule is CCOc1ncccc1-c1cc(NCc2cnn(C)n2)c2c(C(C)C)nc(C)n2n1. The minimum atomic E-state index is 0.260. The molecule has 0 fully saturated rings. The minimum absolute atomic E-state index is 0.260. The van der Waals surface area contributed by atoms with Gasteiger partial charge in [-0.25, -0.2) is 14.5 Å². The van der Waals surface area contributed by atoms with E-state index in [1.54, 1.807) is 24.2 Å². The number of pyridine rings is 1. The second-order valence-electron chi connectivity index (χ2n) is 7.37. The van der Waals surface area contributed by atoms with Crippen molar-refractivity contribution < 1.29 is 4.74 Å². The number of hydrogen-bond donors (Lipinski definition) is 1. The van der Waals surface area contributed by atoms with E-state index in [1.165, 1.54) is 0 Å². The zero-order chi connectivity index (χ0) is 21.3. The number of hydrogen-bond acceptors (Lipinski definition) is 7. The molecule has 0 radical (unpaired) electrons. The third-order valence-corrected chi connectivity index (χ3v) is 4.77. The predicted molar refractivity (Wildman–Crippen MR) is 115 cm³/mol. The summed E-state index contributed by atoms with van der Waals surface area (Å²) >= 11 is 0. The quantitative estimate of drug-likeness (QED) is 0.503. The van der Waals surface area contributed by atoms with Crippen LogP contribution in [-0.2, 0) is 13.6 Å². The van der Waals surface area contributed by atoms with Crippen LogP contribution in [0.1, 0.15) is 43.9 Å². The van der Waals surface area contributed by atoms with Gasteiger partial charge in [-0.2, -0.15) is 20.1 Å². The summed E-state index contributed by atoms with van der Waals surface area (Å²) in [6.45, 7) is 9.26. The number of aryl methyl sites for hydroxylation is 2. The summed E-state index contributed by atoms with van der Waals surface area (Å²) < 4.78 is 7.63. The highest BCUT2D eigenvalue weighted by Crippen LogP contribution is 2.33. The topological polar surface area (TPSA) is 95.0 Å². The fraction of sp³-hybridized carbons (Fsp3) is 0.381. The molecule has 0 aliphatic rings. The second-order valence-corrected chi connectivity index (χ2v) is 7.37. The predicted octanol–water partition coefficient (Wildman–Crippen LogP) is 3.36. The van der Waals surface area contributed by atoms with E-state index in [2.05, 4.69) is 34.3 Å². The molecule has 0 saturated heterocycles. The van der Waals surface area contributed by atoms with Gasteiger partial charge < -0.3 is 10.1 Å². The Hall–Kier alpha value is -3.49. The van der Waals surface area contributed by atoms with Crippen molar-refractivity contribution in [1.29, 1.82) is 0 Å². The van der Waals surface area contributed by atoms with Crippen LogP contribution in [0.4, 0.5) is 5.69 Å². The molecular weight excluding hydrogens is 380 g/mol. The van der Waals surface area contributed by atoms with Crippen LogP contribution >= 0.6 is 0 Å². The van der Waals surface area contributed by atoms with Gasteiger partial charge in [0.15, 0.2) is 0 Å². The first-order chi connectivity index (χ1) is 14.5. The summed E-state index contributed by atoms with van der Waals surface area (Å²) in [5.41, 5.74) is 5.36. The van der Waals surface area contributed by atoms with Gasteiger partial charge in [-0.05, 0) is 38.0 Å². The molecule has 9 nitrogen and oxygen atoms in total. The summed E-state index contributed by atoms with van der Waals surface area (Å²) in [5, 5.41) is 16.9. The zero-order valence-electron chi connectivity index (χ0n) is 17.9. The fourth-order valence-corrected chi connectivity index (χ4v) is 3.42. The molecule has 0 aliphatic heterocycles. The van der Waals surface area contributed by atoms with Gasteiger partial charge in [0.25, 0.3) is 0 Å². The van der Waals surface area contributed by atoms with Gasteiger partial charge in [-0.1, -0.05) is 13.8 Å². The van der Waals surface area contributed by atoms with Gasteiger partial charge >= 0.3 is 0 Å². The van der Waals surface area contributed by atoms with E-state index in [4.69, 9.17) is 14.8 Å². The van der Waals surface area contributed by atoms with Crippen molar-refractivity contribution >= 4 is 11.2 Å². The van der Waals surface area contributed by atoms with Crippen LogP contribution in [0.3, 0.4) is 0 Å². The highest BCUT2D eigenvalue weighted by molar-refractivity contribution is 5.80. The Morgan fingerprint density at radius 1 is 1.23 bits per heavy atom. The number of nitrogens with one attached hydrogen (secondary N) is 1. The number of anilines is 1. The number of imidazole rings is 1. The Morgan fingerprint density at radius 2 is 2.07 bits per heavy atom. The van der Waals surface area contributed by atoms with Crippen molar-refractivity contribution in [2.45, 2.75) is 40.2 Å². The molecule has 0 unspecified atom stereocenters. The maximum Gasteiger partial charge on any atom is 0.222 e. The normalized spacial score (nSPS) is 11.4. The van der Waals surface area contributed by atoms with Crippen LogP contribution in [0.25, 0.3) is 16.8 Å². The lowest BCUT2D eigenvalue weighted by Crippen LogP contribution is -2.07. The molecular formula is C21H26N8O. The highest BCUT2D eigenvalue weighted by Gasteiger charge is 2.20. The molecule has 0 aromatic carbocycles. The Bertz CT molecular complexity index is 1180. The molecule has 1 N–H and O–H groups in total. The number of rotatable bonds is 7. The van der Waals surface area contributed by atoms with Crippen LogP contribution in [0, 0.1) is 6.92 Å². The van der Waals surface area contributed by atoms with Crippen LogP contribution < -0.4 is 10.1 Å². The monoisotopic (exact) mass is 406 g/mol. The van der Waals surface area contributed by atoms with Crippen LogP contribution in [0.15, 0.2) is 30.6 Å². The maximum atomic E-state index is 5.73. The van der Waals surface area contributed by atoms with Crippen LogP contribution in [-0.4, -0.2) is 41.2 Å². The molecule has 4 aromatic heterocycles. The van der Waals surface area contributed by atoms with Gasteiger partial charge in [-0.3, -0.25) is 0 Å². The Balaban J connectivity index is 1.86. The minimum Gasteiger partial charge on any atom is -0.477 e. The molecule has 4 rings (SSSR count). The summed E-state index contributed by atoms with van der Waals surface area (Å²) in [7, 11) is 1.81. The average Bonchev–Trinajstić information content (AvgIpc) is 3.30. The molecule has 0 saturated carbocycles. The third-order valence-electron chi connectivity index (χ3n) is 4.77. The van der Waals surface area contributed by atoms with Gasteiger partial charge in [0.05, 0.1) is 42.0 Å². The van der Waals surface area contributed by atoms with Crippen molar-refractivity contribution in [2.75, 3.05) is 11.9 Å². The fourth-order valence-electron chi connectivity index (χ4n) is 3.42. The van der Waals surface area contributed by atoms with E-state index in [-0.39, 0.29) is 5.92 Å². The van der Waals surface area contributed by atoms with E-state index < -0.39 is 0 Å². The first-order valence-corrected chi connectivity index (χ1v) is 10.1. The zero-order valence-corrected chi connectivity index (χ0v) is 17.9. The lowest BCUT2D eigenvalue weighted by atomic mass is 10.1. The first-order valence-electron chi connectivity index (χ1n) is 10.1. The Kier molecular flexibility index (Phi) is 5.35. The van der Waals surface area contributed by atoms with Crippen molar-refractivity contribution in [3.05, 3.63) is 47.8 Å². The molecule has 0 amide bonds. The molecule has 0 spiro atoms. The third kappa shape index (κ3) is 3.70. The summed E-state index contributed by atoms with van der Waals surface area (Å²) in [4.78, 5) is 10.7. The maximum absolute atomic E-state index is 5.73. The molecule has 0 aliphatic carbocycles. The lowest BCUT2D eigenvalue weighted by Gasteiger charge is -2.13. The van der Waals surface area contributed by atoms with Crippen LogP contribution in [0.5, 0.6) is 5.88 Å². The smallest absolute Gasteiger partial charge is 0.222 e. The lowest BCUT2D eigenvalue weighted by molar-refractivity contribution is 0.328. The van der Waals surface area contributed by atoms with Crippen molar-refractivity contribution in [2.24, 2.45) is 7.05 Å². The van der Waals surface area contributed by atoms with Crippen molar-refractivity contribution in [3.63, 3.8) is 0 Å². The van der Waals surface area contributed by atoms with E-state index in [9.17, 15) is 0 Å².